The second-order valence-corrected chi connectivity index (χ2v) is 12.8. The predicted octanol–water partition coefficient (Wildman–Crippen LogP) is 4.51. The number of benzene rings is 3. The van der Waals surface area contributed by atoms with Crippen LogP contribution < -0.4 is 19.1 Å². The highest BCUT2D eigenvalue weighted by Gasteiger charge is 2.31. The largest absolute Gasteiger partial charge is 0.454 e. The molecule has 0 spiro atoms. The molecule has 0 saturated carbocycles. The minimum Gasteiger partial charge on any atom is -0.454 e. The molecule has 2 amide bonds. The van der Waals surface area contributed by atoms with Gasteiger partial charge in [-0.25, -0.2) is 12.8 Å². The summed E-state index contributed by atoms with van der Waals surface area (Å²) in [5.74, 6) is -0.0446. The van der Waals surface area contributed by atoms with Crippen molar-refractivity contribution in [1.82, 2.24) is 10.2 Å². The fraction of sp³-hybridized carbons (Fsp3) is 0.375. The van der Waals surface area contributed by atoms with Crippen LogP contribution in [0.25, 0.3) is 0 Å². The molecule has 43 heavy (non-hydrogen) atoms. The van der Waals surface area contributed by atoms with Crippen LogP contribution in [0.2, 0.25) is 0 Å². The molecule has 0 fully saturated rings. The van der Waals surface area contributed by atoms with Gasteiger partial charge in [0, 0.05) is 44.1 Å². The molecule has 1 atom stereocenters. The van der Waals surface area contributed by atoms with Crippen LogP contribution in [0.1, 0.15) is 37.8 Å². The molecule has 11 heteroatoms. The molecule has 4 rings (SSSR count). The van der Waals surface area contributed by atoms with Gasteiger partial charge in [-0.1, -0.05) is 62.4 Å². The summed E-state index contributed by atoms with van der Waals surface area (Å²) >= 11 is 0. The third-order valence-corrected chi connectivity index (χ3v) is 8.24. The summed E-state index contributed by atoms with van der Waals surface area (Å²) < 4.78 is 52.2. The summed E-state index contributed by atoms with van der Waals surface area (Å²) in [4.78, 5) is 28.8. The van der Waals surface area contributed by atoms with Gasteiger partial charge in [0.1, 0.15) is 11.9 Å². The van der Waals surface area contributed by atoms with Gasteiger partial charge in [0.05, 0.1) is 11.9 Å². The quantitative estimate of drug-likeness (QED) is 0.288. The molecule has 0 aromatic heterocycles. The molecule has 0 unspecified atom stereocenters. The molecule has 1 aliphatic rings. The van der Waals surface area contributed by atoms with E-state index in [0.29, 0.717) is 23.7 Å². The van der Waals surface area contributed by atoms with Crippen LogP contribution in [0.5, 0.6) is 11.5 Å². The van der Waals surface area contributed by atoms with Crippen molar-refractivity contribution in [3.05, 3.63) is 89.7 Å². The molecular formula is C32H38FN3O6S. The van der Waals surface area contributed by atoms with E-state index in [1.807, 2.05) is 44.2 Å². The van der Waals surface area contributed by atoms with Crippen molar-refractivity contribution in [2.45, 2.75) is 45.7 Å². The fourth-order valence-corrected chi connectivity index (χ4v) is 5.79. The number of carbonyl (C=O) groups is 2. The van der Waals surface area contributed by atoms with Crippen molar-refractivity contribution in [2.75, 3.05) is 30.4 Å². The molecule has 1 aliphatic heterocycles. The maximum Gasteiger partial charge on any atom is 0.243 e. The molecular weight excluding hydrogens is 573 g/mol. The first-order valence-electron chi connectivity index (χ1n) is 14.2. The lowest BCUT2D eigenvalue weighted by molar-refractivity contribution is -0.141. The van der Waals surface area contributed by atoms with Crippen molar-refractivity contribution in [3.8, 4) is 11.5 Å². The van der Waals surface area contributed by atoms with Crippen LogP contribution in [0, 0.1) is 11.7 Å². The Balaban J connectivity index is 1.58. The highest BCUT2D eigenvalue weighted by Crippen LogP contribution is 2.36. The average Bonchev–Trinajstić information content (AvgIpc) is 3.44. The standard InChI is InChI=1S/C32H38FN3O6S/c1-23(2)20-34-32(38)28(18-24-10-5-4-6-11-24)35(21-25-12-7-8-13-27(25)33)31(37)14-9-17-36(43(3,39)40)26-15-16-29-30(19-26)42-22-41-29/h4-8,10-13,15-16,19,23,28H,9,14,17-18,20-22H2,1-3H3,(H,34,38)/t28-/m1/s1. The van der Waals surface area contributed by atoms with Gasteiger partial charge in [-0.05, 0) is 36.1 Å². The van der Waals surface area contributed by atoms with E-state index in [1.165, 1.54) is 15.3 Å². The molecule has 230 valence electrons. The number of nitrogens with zero attached hydrogens (tertiary/aromatic N) is 2. The molecule has 3 aromatic carbocycles. The normalized spacial score (nSPS) is 13.0. The first kappa shape index (κ1) is 31.8. The minimum absolute atomic E-state index is 0.0145. The summed E-state index contributed by atoms with van der Waals surface area (Å²) in [5.41, 5.74) is 1.52. The van der Waals surface area contributed by atoms with E-state index in [2.05, 4.69) is 5.32 Å². The SMILES string of the molecule is CC(C)CNC(=O)[C@@H](Cc1ccccc1)N(Cc1ccccc1F)C(=O)CCCN(c1ccc2c(c1)OCO2)S(C)(=O)=O. The van der Waals surface area contributed by atoms with Crippen LogP contribution in [-0.2, 0) is 32.6 Å². The highest BCUT2D eigenvalue weighted by atomic mass is 32.2. The third kappa shape index (κ3) is 8.70. The summed E-state index contributed by atoms with van der Waals surface area (Å²) in [6.45, 7) is 4.32. The van der Waals surface area contributed by atoms with Crippen molar-refractivity contribution in [3.63, 3.8) is 0 Å². The maximum absolute atomic E-state index is 14.8. The summed E-state index contributed by atoms with van der Waals surface area (Å²) in [5, 5.41) is 2.94. The number of hydrogen-bond acceptors (Lipinski definition) is 6. The Hall–Kier alpha value is -4.12. The van der Waals surface area contributed by atoms with E-state index in [9.17, 15) is 22.4 Å². The maximum atomic E-state index is 14.8. The van der Waals surface area contributed by atoms with Crippen LogP contribution in [-0.4, -0.2) is 57.3 Å². The number of carbonyl (C=O) groups excluding carboxylic acids is 2. The van der Waals surface area contributed by atoms with E-state index in [-0.39, 0.29) is 62.4 Å². The zero-order valence-corrected chi connectivity index (χ0v) is 25.5. The topological polar surface area (TPSA) is 105 Å². The van der Waals surface area contributed by atoms with Crippen molar-refractivity contribution in [2.24, 2.45) is 5.92 Å². The summed E-state index contributed by atoms with van der Waals surface area (Å²) in [7, 11) is -3.70. The molecule has 0 bridgehead atoms. The van der Waals surface area contributed by atoms with Crippen LogP contribution in [0.4, 0.5) is 10.1 Å². The van der Waals surface area contributed by atoms with Crippen LogP contribution in [0.3, 0.4) is 0 Å². The number of ether oxygens (including phenoxy) is 2. The Morgan fingerprint density at radius 3 is 2.37 bits per heavy atom. The Labute approximate surface area is 252 Å². The molecule has 0 radical (unpaired) electrons. The monoisotopic (exact) mass is 611 g/mol. The summed E-state index contributed by atoms with van der Waals surface area (Å²) in [6.07, 6.45) is 1.43. The second-order valence-electron chi connectivity index (χ2n) is 10.9. The highest BCUT2D eigenvalue weighted by molar-refractivity contribution is 7.92. The van der Waals surface area contributed by atoms with E-state index >= 15 is 0 Å². The lowest BCUT2D eigenvalue weighted by atomic mass is 10.0. The van der Waals surface area contributed by atoms with Crippen molar-refractivity contribution < 1.29 is 31.9 Å². The van der Waals surface area contributed by atoms with Gasteiger partial charge in [0.25, 0.3) is 0 Å². The Morgan fingerprint density at radius 1 is 0.977 bits per heavy atom. The number of nitrogens with one attached hydrogen (secondary N) is 1. The average molecular weight is 612 g/mol. The number of fused-ring (bicyclic) bond motifs is 1. The zero-order chi connectivity index (χ0) is 31.0. The van der Waals surface area contributed by atoms with Crippen LogP contribution in [0.15, 0.2) is 72.8 Å². The third-order valence-electron chi connectivity index (χ3n) is 7.05. The molecule has 3 aromatic rings. The fourth-order valence-electron chi connectivity index (χ4n) is 4.83. The summed E-state index contributed by atoms with van der Waals surface area (Å²) in [6, 6.07) is 19.4. The zero-order valence-electron chi connectivity index (χ0n) is 24.7. The Morgan fingerprint density at radius 2 is 1.67 bits per heavy atom. The second kappa shape index (κ2) is 14.4. The van der Waals surface area contributed by atoms with Gasteiger partial charge < -0.3 is 19.7 Å². The van der Waals surface area contributed by atoms with Gasteiger partial charge in [-0.3, -0.25) is 13.9 Å². The first-order chi connectivity index (χ1) is 20.5. The molecule has 1 heterocycles. The van der Waals surface area contributed by atoms with E-state index in [1.54, 1.807) is 36.4 Å². The lowest BCUT2D eigenvalue weighted by Gasteiger charge is -2.32. The molecule has 1 N–H and O–H groups in total. The molecule has 0 saturated heterocycles. The Bertz CT molecular complexity index is 1520. The molecule has 0 aliphatic carbocycles. The van der Waals surface area contributed by atoms with Crippen molar-refractivity contribution in [1.29, 1.82) is 0 Å². The van der Waals surface area contributed by atoms with Gasteiger partial charge in [-0.2, -0.15) is 0 Å². The number of hydrogen-bond donors (Lipinski definition) is 1. The van der Waals surface area contributed by atoms with E-state index < -0.39 is 21.9 Å². The molecule has 9 nitrogen and oxygen atoms in total. The van der Waals surface area contributed by atoms with Crippen molar-refractivity contribution >= 4 is 27.5 Å². The van der Waals surface area contributed by atoms with Gasteiger partial charge in [0.15, 0.2) is 11.5 Å². The Kier molecular flexibility index (Phi) is 10.6. The predicted molar refractivity (Wildman–Crippen MR) is 163 cm³/mol. The lowest BCUT2D eigenvalue weighted by Crippen LogP contribution is -2.51. The van der Waals surface area contributed by atoms with Crippen LogP contribution >= 0.6 is 0 Å². The minimum atomic E-state index is -3.70. The number of halogens is 1. The number of rotatable bonds is 14. The van der Waals surface area contributed by atoms with Gasteiger partial charge in [-0.15, -0.1) is 0 Å². The number of sulfonamides is 1. The number of amides is 2. The van der Waals surface area contributed by atoms with E-state index in [0.717, 1.165) is 11.8 Å². The number of anilines is 1. The van der Waals surface area contributed by atoms with Gasteiger partial charge in [0.2, 0.25) is 28.6 Å². The smallest absolute Gasteiger partial charge is 0.243 e. The van der Waals surface area contributed by atoms with E-state index in [4.69, 9.17) is 9.47 Å². The van der Waals surface area contributed by atoms with Gasteiger partial charge >= 0.3 is 0 Å². The first-order valence-corrected chi connectivity index (χ1v) is 16.1.